The van der Waals surface area contributed by atoms with Gasteiger partial charge < -0.3 is 14.8 Å². The van der Waals surface area contributed by atoms with Crippen LogP contribution in [0.25, 0.3) is 0 Å². The summed E-state index contributed by atoms with van der Waals surface area (Å²) in [5, 5.41) is 2.99. The van der Waals surface area contributed by atoms with Gasteiger partial charge in [0, 0.05) is 0 Å². The number of hydrogen-bond acceptors (Lipinski definition) is 4. The molecule has 0 spiro atoms. The molecule has 3 unspecified atom stereocenters. The van der Waals surface area contributed by atoms with Gasteiger partial charge in [-0.3, -0.25) is 0 Å². The van der Waals surface area contributed by atoms with Crippen molar-refractivity contribution < 1.29 is 14.3 Å². The molecule has 1 fully saturated rings. The van der Waals surface area contributed by atoms with Crippen molar-refractivity contribution in [3.63, 3.8) is 0 Å². The predicted molar refractivity (Wildman–Crippen MR) is 71.4 cm³/mol. The van der Waals surface area contributed by atoms with Crippen molar-refractivity contribution >= 4 is 5.97 Å². The standard InChI is InChI=1S/C14H27NO3/c1-10-6-11(2)8-12(7-10)18-9-14(3,15-4)13(16)17-5/h10-12,15H,6-9H2,1-5H3. The first-order valence-corrected chi connectivity index (χ1v) is 6.80. The van der Waals surface area contributed by atoms with E-state index in [2.05, 4.69) is 19.2 Å². The van der Waals surface area contributed by atoms with E-state index in [0.717, 1.165) is 12.8 Å². The summed E-state index contributed by atoms with van der Waals surface area (Å²) >= 11 is 0. The highest BCUT2D eigenvalue weighted by atomic mass is 16.5. The molecule has 1 aliphatic carbocycles. The van der Waals surface area contributed by atoms with Gasteiger partial charge in [-0.25, -0.2) is 4.79 Å². The molecular weight excluding hydrogens is 230 g/mol. The van der Waals surface area contributed by atoms with Crippen LogP contribution in [0.1, 0.15) is 40.0 Å². The maximum Gasteiger partial charge on any atom is 0.328 e. The van der Waals surface area contributed by atoms with Gasteiger partial charge in [-0.15, -0.1) is 0 Å². The molecule has 1 N–H and O–H groups in total. The zero-order chi connectivity index (χ0) is 13.8. The van der Waals surface area contributed by atoms with Crippen LogP contribution in [0.15, 0.2) is 0 Å². The molecule has 0 radical (unpaired) electrons. The monoisotopic (exact) mass is 257 g/mol. The second-order valence-corrected chi connectivity index (χ2v) is 5.92. The van der Waals surface area contributed by atoms with Crippen LogP contribution in [0.3, 0.4) is 0 Å². The van der Waals surface area contributed by atoms with Gasteiger partial charge in [0.25, 0.3) is 0 Å². The lowest BCUT2D eigenvalue weighted by Crippen LogP contribution is -2.53. The predicted octanol–water partition coefficient (Wildman–Crippen LogP) is 1.98. The van der Waals surface area contributed by atoms with E-state index >= 15 is 0 Å². The van der Waals surface area contributed by atoms with Gasteiger partial charge in [0.15, 0.2) is 0 Å². The Kier molecular flexibility index (Phi) is 5.60. The van der Waals surface area contributed by atoms with E-state index in [9.17, 15) is 4.79 Å². The van der Waals surface area contributed by atoms with Gasteiger partial charge in [-0.1, -0.05) is 13.8 Å². The molecule has 0 saturated heterocycles. The zero-order valence-corrected chi connectivity index (χ0v) is 12.3. The van der Waals surface area contributed by atoms with Crippen molar-refractivity contribution in [3.8, 4) is 0 Å². The largest absolute Gasteiger partial charge is 0.468 e. The Balaban J connectivity index is 2.50. The fourth-order valence-corrected chi connectivity index (χ4v) is 2.75. The first kappa shape index (κ1) is 15.4. The van der Waals surface area contributed by atoms with Gasteiger partial charge in [-0.05, 0) is 45.1 Å². The number of nitrogens with one attached hydrogen (secondary N) is 1. The highest BCUT2D eigenvalue weighted by molar-refractivity contribution is 5.80. The van der Waals surface area contributed by atoms with Gasteiger partial charge in [0.2, 0.25) is 0 Å². The van der Waals surface area contributed by atoms with E-state index in [1.165, 1.54) is 13.5 Å². The molecule has 1 rings (SSSR count). The molecule has 0 bridgehead atoms. The van der Waals surface area contributed by atoms with Gasteiger partial charge in [-0.2, -0.15) is 0 Å². The molecule has 4 heteroatoms. The molecule has 3 atom stereocenters. The van der Waals surface area contributed by atoms with Gasteiger partial charge in [0.05, 0.1) is 19.8 Å². The number of carbonyl (C=O) groups is 1. The maximum absolute atomic E-state index is 11.7. The SMILES string of the molecule is CNC(C)(COC1CC(C)CC(C)C1)C(=O)OC. The average molecular weight is 257 g/mol. The second-order valence-electron chi connectivity index (χ2n) is 5.92. The first-order valence-electron chi connectivity index (χ1n) is 6.80. The normalized spacial score (nSPS) is 31.7. The summed E-state index contributed by atoms with van der Waals surface area (Å²) in [5.74, 6) is 1.14. The van der Waals surface area contributed by atoms with Crippen LogP contribution in [0, 0.1) is 11.8 Å². The third kappa shape index (κ3) is 3.95. The van der Waals surface area contributed by atoms with Crippen LogP contribution >= 0.6 is 0 Å². The molecule has 0 heterocycles. The highest BCUT2D eigenvalue weighted by Gasteiger charge is 2.35. The molecule has 1 saturated carbocycles. The van der Waals surface area contributed by atoms with Crippen molar-refractivity contribution in [2.75, 3.05) is 20.8 Å². The summed E-state index contributed by atoms with van der Waals surface area (Å²) in [5.41, 5.74) is -0.751. The van der Waals surface area contributed by atoms with E-state index < -0.39 is 5.54 Å². The van der Waals surface area contributed by atoms with E-state index in [4.69, 9.17) is 9.47 Å². The fourth-order valence-electron chi connectivity index (χ4n) is 2.75. The van der Waals surface area contributed by atoms with Gasteiger partial charge >= 0.3 is 5.97 Å². The van der Waals surface area contributed by atoms with Crippen LogP contribution < -0.4 is 5.32 Å². The number of hydrogen-bond donors (Lipinski definition) is 1. The summed E-state index contributed by atoms with van der Waals surface area (Å²) < 4.78 is 10.7. The van der Waals surface area contributed by atoms with Crippen LogP contribution in [-0.4, -0.2) is 38.4 Å². The minimum absolute atomic E-state index is 0.265. The van der Waals surface area contributed by atoms with Crippen molar-refractivity contribution in [3.05, 3.63) is 0 Å². The fraction of sp³-hybridized carbons (Fsp3) is 0.929. The van der Waals surface area contributed by atoms with E-state index in [1.54, 1.807) is 7.05 Å². The van der Waals surface area contributed by atoms with Crippen molar-refractivity contribution in [1.82, 2.24) is 5.32 Å². The molecule has 0 amide bonds. The molecule has 0 aliphatic heterocycles. The minimum Gasteiger partial charge on any atom is -0.468 e. The highest BCUT2D eigenvalue weighted by Crippen LogP contribution is 2.30. The topological polar surface area (TPSA) is 47.6 Å². The second kappa shape index (κ2) is 6.53. The summed E-state index contributed by atoms with van der Waals surface area (Å²) in [7, 11) is 3.16. The third-order valence-corrected chi connectivity index (χ3v) is 3.93. The summed E-state index contributed by atoms with van der Waals surface area (Å²) in [4.78, 5) is 11.7. The lowest BCUT2D eigenvalue weighted by molar-refractivity contribution is -0.152. The van der Waals surface area contributed by atoms with E-state index in [0.29, 0.717) is 18.4 Å². The summed E-state index contributed by atoms with van der Waals surface area (Å²) in [6, 6.07) is 0. The van der Waals surface area contributed by atoms with E-state index in [-0.39, 0.29) is 12.1 Å². The molecule has 106 valence electrons. The summed E-state index contributed by atoms with van der Waals surface area (Å²) in [6.07, 6.45) is 3.72. The Morgan fingerprint density at radius 2 is 1.83 bits per heavy atom. The lowest BCUT2D eigenvalue weighted by Gasteiger charge is -2.34. The number of likely N-dealkylation sites (N-methyl/N-ethyl adjacent to an activating group) is 1. The van der Waals surface area contributed by atoms with Gasteiger partial charge in [0.1, 0.15) is 5.54 Å². The number of esters is 1. The van der Waals surface area contributed by atoms with Crippen LogP contribution in [0.2, 0.25) is 0 Å². The third-order valence-electron chi connectivity index (χ3n) is 3.93. The Morgan fingerprint density at radius 1 is 1.28 bits per heavy atom. The van der Waals surface area contributed by atoms with Crippen molar-refractivity contribution in [1.29, 1.82) is 0 Å². The molecular formula is C14H27NO3. The molecule has 0 aromatic heterocycles. The van der Waals surface area contributed by atoms with Crippen LogP contribution in [0.5, 0.6) is 0 Å². The lowest BCUT2D eigenvalue weighted by atomic mass is 9.82. The summed E-state index contributed by atoms with van der Waals surface area (Å²) in [6.45, 7) is 6.71. The Bertz CT molecular complexity index is 272. The number of carbonyl (C=O) groups excluding carboxylic acids is 1. The maximum atomic E-state index is 11.7. The van der Waals surface area contributed by atoms with Crippen molar-refractivity contribution in [2.45, 2.75) is 51.7 Å². The molecule has 0 aromatic rings. The van der Waals surface area contributed by atoms with Crippen LogP contribution in [0.4, 0.5) is 0 Å². The Hall–Kier alpha value is -0.610. The minimum atomic E-state index is -0.751. The molecule has 18 heavy (non-hydrogen) atoms. The first-order chi connectivity index (χ1) is 8.41. The number of rotatable bonds is 5. The Morgan fingerprint density at radius 3 is 2.28 bits per heavy atom. The molecule has 1 aliphatic rings. The Labute approximate surface area is 110 Å². The smallest absolute Gasteiger partial charge is 0.328 e. The molecule has 4 nitrogen and oxygen atoms in total. The quantitative estimate of drug-likeness (QED) is 0.765. The van der Waals surface area contributed by atoms with Crippen molar-refractivity contribution in [2.24, 2.45) is 11.8 Å². The van der Waals surface area contributed by atoms with Crippen LogP contribution in [-0.2, 0) is 14.3 Å². The number of methoxy groups -OCH3 is 1. The molecule has 0 aromatic carbocycles. The zero-order valence-electron chi connectivity index (χ0n) is 12.3. The average Bonchev–Trinajstić information content (AvgIpc) is 2.33. The number of ether oxygens (including phenoxy) is 2. The van der Waals surface area contributed by atoms with E-state index in [1.807, 2.05) is 6.92 Å².